The highest BCUT2D eigenvalue weighted by atomic mass is 16.2. The van der Waals surface area contributed by atoms with Crippen LogP contribution in [-0.2, 0) is 4.79 Å². The van der Waals surface area contributed by atoms with Crippen molar-refractivity contribution in [3.05, 3.63) is 0 Å². The van der Waals surface area contributed by atoms with E-state index in [1.807, 2.05) is 0 Å². The monoisotopic (exact) mass is 267 g/mol. The number of carbonyl (C=O) groups excluding carboxylic acids is 1. The molecule has 0 aromatic carbocycles. The predicted molar refractivity (Wildman–Crippen MR) is 78.1 cm³/mol. The number of nitrogens with zero attached hydrogens (tertiary/aromatic N) is 2. The average molecular weight is 267 g/mol. The standard InChI is InChI=1S/C15H29N3O/c1-15(2,3)6-10-17-9-4-5-13(17)14(19)18-11-7-16-8-12-18/h13,16H,4-12H2,1-3H3. The van der Waals surface area contributed by atoms with Crippen LogP contribution in [0, 0.1) is 5.41 Å². The molecular weight excluding hydrogens is 238 g/mol. The second-order valence-corrected chi connectivity index (χ2v) is 7.08. The fraction of sp³-hybridized carbons (Fsp3) is 0.933. The number of rotatable bonds is 3. The van der Waals surface area contributed by atoms with Crippen LogP contribution < -0.4 is 5.32 Å². The summed E-state index contributed by atoms with van der Waals surface area (Å²) in [5, 5.41) is 3.31. The lowest BCUT2D eigenvalue weighted by atomic mass is 9.92. The van der Waals surface area contributed by atoms with Crippen LogP contribution in [0.15, 0.2) is 0 Å². The molecular formula is C15H29N3O. The SMILES string of the molecule is CC(C)(C)CCN1CCCC1C(=O)N1CCNCC1. The maximum absolute atomic E-state index is 12.6. The number of carbonyl (C=O) groups is 1. The fourth-order valence-electron chi connectivity index (χ4n) is 2.95. The average Bonchev–Trinajstić information content (AvgIpc) is 2.84. The van der Waals surface area contributed by atoms with E-state index in [4.69, 9.17) is 0 Å². The van der Waals surface area contributed by atoms with Gasteiger partial charge in [-0.25, -0.2) is 0 Å². The molecule has 0 aromatic heterocycles. The Balaban J connectivity index is 1.88. The van der Waals surface area contributed by atoms with Crippen molar-refractivity contribution >= 4 is 5.91 Å². The molecule has 2 saturated heterocycles. The van der Waals surface area contributed by atoms with E-state index in [0.29, 0.717) is 11.3 Å². The van der Waals surface area contributed by atoms with Crippen molar-refractivity contribution < 1.29 is 4.79 Å². The van der Waals surface area contributed by atoms with Gasteiger partial charge >= 0.3 is 0 Å². The highest BCUT2D eigenvalue weighted by Gasteiger charge is 2.34. The predicted octanol–water partition coefficient (Wildman–Crippen LogP) is 1.32. The van der Waals surface area contributed by atoms with Gasteiger partial charge in [0.15, 0.2) is 0 Å². The topological polar surface area (TPSA) is 35.6 Å². The second-order valence-electron chi connectivity index (χ2n) is 7.08. The third kappa shape index (κ3) is 4.18. The Bertz CT molecular complexity index is 305. The molecule has 2 heterocycles. The molecule has 1 amide bonds. The molecule has 0 bridgehead atoms. The third-order valence-corrected chi connectivity index (χ3v) is 4.23. The van der Waals surface area contributed by atoms with Crippen molar-refractivity contribution in [3.63, 3.8) is 0 Å². The number of likely N-dealkylation sites (tertiary alicyclic amines) is 1. The zero-order valence-corrected chi connectivity index (χ0v) is 12.7. The molecule has 1 unspecified atom stereocenters. The Hall–Kier alpha value is -0.610. The maximum atomic E-state index is 12.6. The zero-order valence-electron chi connectivity index (χ0n) is 12.7. The number of hydrogen-bond acceptors (Lipinski definition) is 3. The van der Waals surface area contributed by atoms with Gasteiger partial charge in [-0.2, -0.15) is 0 Å². The van der Waals surface area contributed by atoms with Gasteiger partial charge in [0.25, 0.3) is 0 Å². The molecule has 0 radical (unpaired) electrons. The summed E-state index contributed by atoms with van der Waals surface area (Å²) in [6, 6.07) is 0.153. The molecule has 4 nitrogen and oxygen atoms in total. The Morgan fingerprint density at radius 2 is 1.89 bits per heavy atom. The molecule has 0 saturated carbocycles. The quantitative estimate of drug-likeness (QED) is 0.838. The van der Waals surface area contributed by atoms with Crippen LogP contribution >= 0.6 is 0 Å². The van der Waals surface area contributed by atoms with E-state index >= 15 is 0 Å². The molecule has 19 heavy (non-hydrogen) atoms. The van der Waals surface area contributed by atoms with Crippen LogP contribution in [-0.4, -0.2) is 61.0 Å². The minimum Gasteiger partial charge on any atom is -0.339 e. The van der Waals surface area contributed by atoms with Gasteiger partial charge in [0.2, 0.25) is 5.91 Å². The lowest BCUT2D eigenvalue weighted by molar-refractivity contribution is -0.136. The molecule has 0 aliphatic carbocycles. The fourth-order valence-corrected chi connectivity index (χ4v) is 2.95. The lowest BCUT2D eigenvalue weighted by Crippen LogP contribution is -2.52. The minimum atomic E-state index is 0.153. The summed E-state index contributed by atoms with van der Waals surface area (Å²) in [7, 11) is 0. The molecule has 2 rings (SSSR count). The van der Waals surface area contributed by atoms with E-state index in [0.717, 1.165) is 45.7 Å². The molecule has 4 heteroatoms. The van der Waals surface area contributed by atoms with E-state index in [1.165, 1.54) is 12.8 Å². The Morgan fingerprint density at radius 3 is 2.53 bits per heavy atom. The molecule has 110 valence electrons. The molecule has 0 spiro atoms. The summed E-state index contributed by atoms with van der Waals surface area (Å²) in [5.74, 6) is 0.368. The second kappa shape index (κ2) is 6.23. The highest BCUT2D eigenvalue weighted by molar-refractivity contribution is 5.82. The van der Waals surface area contributed by atoms with Crippen molar-refractivity contribution in [2.45, 2.75) is 46.1 Å². The van der Waals surface area contributed by atoms with Crippen LogP contribution in [0.3, 0.4) is 0 Å². The van der Waals surface area contributed by atoms with Crippen molar-refractivity contribution in [2.24, 2.45) is 5.41 Å². The van der Waals surface area contributed by atoms with Gasteiger partial charge in [-0.3, -0.25) is 9.69 Å². The summed E-state index contributed by atoms with van der Waals surface area (Å²) in [5.41, 5.74) is 0.352. The van der Waals surface area contributed by atoms with Gasteiger partial charge in [0.1, 0.15) is 0 Å². The van der Waals surface area contributed by atoms with Crippen LogP contribution in [0.4, 0.5) is 0 Å². The maximum Gasteiger partial charge on any atom is 0.240 e. The smallest absolute Gasteiger partial charge is 0.240 e. The van der Waals surface area contributed by atoms with Gasteiger partial charge in [-0.1, -0.05) is 20.8 Å². The largest absolute Gasteiger partial charge is 0.339 e. The Morgan fingerprint density at radius 1 is 1.21 bits per heavy atom. The molecule has 2 aliphatic heterocycles. The first-order chi connectivity index (χ1) is 8.97. The molecule has 2 aliphatic rings. The molecule has 1 atom stereocenters. The van der Waals surface area contributed by atoms with Gasteiger partial charge < -0.3 is 10.2 Å². The number of amides is 1. The minimum absolute atomic E-state index is 0.153. The third-order valence-electron chi connectivity index (χ3n) is 4.23. The van der Waals surface area contributed by atoms with E-state index < -0.39 is 0 Å². The lowest BCUT2D eigenvalue weighted by Gasteiger charge is -2.33. The van der Waals surface area contributed by atoms with E-state index in [-0.39, 0.29) is 6.04 Å². The van der Waals surface area contributed by atoms with Crippen LogP contribution in [0.1, 0.15) is 40.0 Å². The van der Waals surface area contributed by atoms with Crippen LogP contribution in [0.25, 0.3) is 0 Å². The normalized spacial score (nSPS) is 25.8. The van der Waals surface area contributed by atoms with E-state index in [2.05, 4.69) is 35.9 Å². The Kier molecular flexibility index (Phi) is 4.85. The first kappa shape index (κ1) is 14.8. The number of piperazine rings is 1. The van der Waals surface area contributed by atoms with Crippen LogP contribution in [0.2, 0.25) is 0 Å². The van der Waals surface area contributed by atoms with Crippen LogP contribution in [0.5, 0.6) is 0 Å². The summed E-state index contributed by atoms with van der Waals surface area (Å²) in [6.45, 7) is 12.6. The molecule has 1 N–H and O–H groups in total. The van der Waals surface area contributed by atoms with Crippen molar-refractivity contribution in [1.82, 2.24) is 15.1 Å². The Labute approximate surface area is 117 Å². The summed E-state index contributed by atoms with van der Waals surface area (Å²) in [4.78, 5) is 17.1. The van der Waals surface area contributed by atoms with Crippen molar-refractivity contribution in [1.29, 1.82) is 0 Å². The van der Waals surface area contributed by atoms with Gasteiger partial charge in [0, 0.05) is 26.2 Å². The zero-order chi connectivity index (χ0) is 13.9. The van der Waals surface area contributed by atoms with Gasteiger partial charge in [0.05, 0.1) is 6.04 Å². The molecule has 0 aromatic rings. The first-order valence-corrected chi connectivity index (χ1v) is 7.71. The summed E-state index contributed by atoms with van der Waals surface area (Å²) < 4.78 is 0. The van der Waals surface area contributed by atoms with E-state index in [9.17, 15) is 4.79 Å². The first-order valence-electron chi connectivity index (χ1n) is 7.71. The highest BCUT2D eigenvalue weighted by Crippen LogP contribution is 2.24. The van der Waals surface area contributed by atoms with Gasteiger partial charge in [-0.05, 0) is 37.8 Å². The summed E-state index contributed by atoms with van der Waals surface area (Å²) in [6.07, 6.45) is 3.39. The van der Waals surface area contributed by atoms with E-state index in [1.54, 1.807) is 0 Å². The van der Waals surface area contributed by atoms with Crippen molar-refractivity contribution in [3.8, 4) is 0 Å². The number of nitrogens with one attached hydrogen (secondary N) is 1. The van der Waals surface area contributed by atoms with Gasteiger partial charge in [-0.15, -0.1) is 0 Å². The number of hydrogen-bond donors (Lipinski definition) is 1. The van der Waals surface area contributed by atoms with Crippen molar-refractivity contribution in [2.75, 3.05) is 39.3 Å². The molecule has 2 fully saturated rings. The summed E-state index contributed by atoms with van der Waals surface area (Å²) >= 11 is 0.